The lowest BCUT2D eigenvalue weighted by atomic mass is 10.0. The van der Waals surface area contributed by atoms with E-state index in [0.717, 1.165) is 6.29 Å². The van der Waals surface area contributed by atoms with Crippen molar-refractivity contribution in [1.29, 1.82) is 0 Å². The van der Waals surface area contributed by atoms with E-state index in [1.807, 2.05) is 13.8 Å². The van der Waals surface area contributed by atoms with Crippen LogP contribution in [0.15, 0.2) is 53.7 Å². The maximum Gasteiger partial charge on any atom is 0.279 e. The Morgan fingerprint density at radius 3 is 2.42 bits per heavy atom. The predicted octanol–water partition coefficient (Wildman–Crippen LogP) is 3.54. The summed E-state index contributed by atoms with van der Waals surface area (Å²) in [6.45, 7) is 6.91. The number of carbonyl (C=O) groups is 2. The van der Waals surface area contributed by atoms with Crippen LogP contribution in [0.1, 0.15) is 47.4 Å². The first-order valence-electron chi connectivity index (χ1n) is 12.4. The van der Waals surface area contributed by atoms with Crippen molar-refractivity contribution < 1.29 is 23.8 Å². The van der Waals surface area contributed by atoms with E-state index in [2.05, 4.69) is 31.5 Å². The van der Waals surface area contributed by atoms with Crippen LogP contribution in [0.5, 0.6) is 17.2 Å². The Labute approximate surface area is 227 Å². The number of amidine groups is 1. The number of ether oxygens (including phenoxy) is 3. The van der Waals surface area contributed by atoms with Crippen LogP contribution in [0.2, 0.25) is 0 Å². The highest BCUT2D eigenvalue weighted by Crippen LogP contribution is 2.31. The Bertz CT molecular complexity index is 1150. The zero-order valence-corrected chi connectivity index (χ0v) is 24.0. The number of aliphatic imine (C=N–C) groups is 1. The van der Waals surface area contributed by atoms with Crippen LogP contribution in [-0.2, 0) is 4.74 Å². The Morgan fingerprint density at radius 1 is 1.21 bits per heavy atom. The second-order valence-electron chi connectivity index (χ2n) is 9.16. The molecule has 1 amide bonds. The van der Waals surface area contributed by atoms with E-state index in [1.165, 1.54) is 25.6 Å². The van der Waals surface area contributed by atoms with Gasteiger partial charge in [-0.1, -0.05) is 6.92 Å². The molecule has 1 saturated heterocycles. The molecule has 0 bridgehead atoms. The Kier molecular flexibility index (Phi) is 12.4. The second-order valence-corrected chi connectivity index (χ2v) is 9.78. The molecule has 38 heavy (non-hydrogen) atoms. The summed E-state index contributed by atoms with van der Waals surface area (Å²) in [7, 11) is 7.95. The number of rotatable bonds is 11. The number of methoxy groups -OCH3 is 1. The van der Waals surface area contributed by atoms with Gasteiger partial charge in [0, 0.05) is 31.4 Å². The molecule has 3 rings (SSSR count). The van der Waals surface area contributed by atoms with E-state index < -0.39 is 11.5 Å². The highest BCUT2D eigenvalue weighted by molar-refractivity contribution is 7.27. The fourth-order valence-corrected chi connectivity index (χ4v) is 3.66. The summed E-state index contributed by atoms with van der Waals surface area (Å²) < 4.78 is 17.4. The fourth-order valence-electron chi connectivity index (χ4n) is 3.33. The van der Waals surface area contributed by atoms with Gasteiger partial charge in [-0.05, 0) is 87.8 Å². The number of aldehydes is 1. The maximum absolute atomic E-state index is 12.8. The van der Waals surface area contributed by atoms with Crippen LogP contribution in [0.25, 0.3) is 0 Å². The van der Waals surface area contributed by atoms with Crippen LogP contribution < -0.4 is 25.8 Å². The van der Waals surface area contributed by atoms with Crippen LogP contribution >= 0.6 is 9.24 Å². The van der Waals surface area contributed by atoms with E-state index in [0.29, 0.717) is 41.1 Å². The minimum atomic E-state index is -0.607. The van der Waals surface area contributed by atoms with Crippen molar-refractivity contribution in [2.75, 3.05) is 40.9 Å². The summed E-state index contributed by atoms with van der Waals surface area (Å²) in [6, 6.07) is 9.88. The number of benzene rings is 2. The minimum Gasteiger partial charge on any atom is -0.485 e. The van der Waals surface area contributed by atoms with Crippen molar-refractivity contribution in [1.82, 2.24) is 10.2 Å². The van der Waals surface area contributed by atoms with E-state index in [9.17, 15) is 9.59 Å². The summed E-state index contributed by atoms with van der Waals surface area (Å²) in [5, 5.41) is 3.48. The lowest BCUT2D eigenvalue weighted by Crippen LogP contribution is -2.36. The molecule has 1 aliphatic heterocycles. The normalized spacial score (nSPS) is 15.1. The summed E-state index contributed by atoms with van der Waals surface area (Å²) in [5.41, 5.74) is 5.98. The molecule has 2 unspecified atom stereocenters. The molecule has 1 heterocycles. The average Bonchev–Trinajstić information content (AvgIpc) is 2.86. The molecule has 9 nitrogen and oxygen atoms in total. The monoisotopic (exact) mass is 542 g/mol. The number of amides is 1. The predicted molar refractivity (Wildman–Crippen MR) is 155 cm³/mol. The zero-order valence-electron chi connectivity index (χ0n) is 22.8. The van der Waals surface area contributed by atoms with Gasteiger partial charge in [-0.3, -0.25) is 9.59 Å². The van der Waals surface area contributed by atoms with Crippen LogP contribution in [0, 0.1) is 0 Å². The maximum atomic E-state index is 12.8. The van der Waals surface area contributed by atoms with Gasteiger partial charge in [-0.2, -0.15) is 4.99 Å². The molecule has 3 N–H and O–H groups in total. The zero-order chi connectivity index (χ0) is 28.1. The van der Waals surface area contributed by atoms with Gasteiger partial charge < -0.3 is 30.2 Å². The molecule has 1 aliphatic rings. The molecular weight excluding hydrogens is 503 g/mol. The molecule has 10 heteroatoms. The second kappa shape index (κ2) is 15.2. The van der Waals surface area contributed by atoms with Crippen molar-refractivity contribution >= 4 is 32.6 Å². The van der Waals surface area contributed by atoms with E-state index in [1.54, 1.807) is 56.8 Å². The third-order valence-electron chi connectivity index (χ3n) is 5.84. The van der Waals surface area contributed by atoms with Gasteiger partial charge in [0.25, 0.3) is 5.91 Å². The molecule has 2 aromatic rings. The largest absolute Gasteiger partial charge is 0.485 e. The van der Waals surface area contributed by atoms with E-state index >= 15 is 0 Å². The standard InChI is InChI=1S/C24H30N3O5P.C4H9N/c1-5-24(2,15-30-4)32-20-11-17(23(29)27-22(25)8-9-26-3)10-19(12-20)31-18-7-6-16(14-28)21(33)13-18;1-5-3-2-4-5/h6-14,26H,5,15,33H2,1-4H3,(H2,25,27,29);2-4H2,1H3/b9-8-;. The smallest absolute Gasteiger partial charge is 0.279 e. The molecule has 0 spiro atoms. The Hall–Kier alpha value is -3.26. The summed E-state index contributed by atoms with van der Waals surface area (Å²) in [5.74, 6) is 0.799. The van der Waals surface area contributed by atoms with Crippen molar-refractivity contribution in [3.63, 3.8) is 0 Å². The topological polar surface area (TPSA) is 115 Å². The number of carbonyl (C=O) groups excluding carboxylic acids is 2. The summed E-state index contributed by atoms with van der Waals surface area (Å²) >= 11 is 0. The quantitative estimate of drug-likeness (QED) is 0.192. The third kappa shape index (κ3) is 9.89. The third-order valence-corrected chi connectivity index (χ3v) is 6.34. The van der Waals surface area contributed by atoms with Gasteiger partial charge in [0.05, 0.1) is 6.61 Å². The van der Waals surface area contributed by atoms with Gasteiger partial charge in [-0.25, -0.2) is 0 Å². The fraction of sp³-hybridized carbons (Fsp3) is 0.393. The van der Waals surface area contributed by atoms with Crippen LogP contribution in [-0.4, -0.2) is 69.4 Å². The summed E-state index contributed by atoms with van der Waals surface area (Å²) in [4.78, 5) is 30.1. The first-order valence-corrected chi connectivity index (χ1v) is 13.0. The number of nitrogens with one attached hydrogen (secondary N) is 1. The van der Waals surface area contributed by atoms with Gasteiger partial charge in [0.2, 0.25) is 0 Å². The number of hydrogen-bond acceptors (Lipinski definition) is 7. The molecule has 0 aliphatic carbocycles. The molecule has 206 valence electrons. The van der Waals surface area contributed by atoms with Gasteiger partial charge in [0.1, 0.15) is 28.7 Å². The van der Waals surface area contributed by atoms with Crippen LogP contribution in [0.3, 0.4) is 0 Å². The molecule has 0 radical (unpaired) electrons. The SMILES string of the molecule is CCC(C)(COC)Oc1cc(Oc2ccc(C=O)c(P)c2)cc(C(=O)N=C(N)/C=C\NC)c1.CN1CCC1. The number of nitrogens with zero attached hydrogens (tertiary/aromatic N) is 2. The first kappa shape index (κ1) is 31.0. The highest BCUT2D eigenvalue weighted by atomic mass is 31.0. The van der Waals surface area contributed by atoms with Crippen molar-refractivity contribution in [2.45, 2.75) is 32.3 Å². The first-order chi connectivity index (χ1) is 18.1. The van der Waals surface area contributed by atoms with Crippen molar-refractivity contribution in [3.05, 3.63) is 59.8 Å². The minimum absolute atomic E-state index is 0.0537. The molecule has 1 fully saturated rings. The average molecular weight is 543 g/mol. The molecule has 2 aromatic carbocycles. The van der Waals surface area contributed by atoms with Crippen molar-refractivity contribution in [2.24, 2.45) is 10.7 Å². The Balaban J connectivity index is 0.000000904. The van der Waals surface area contributed by atoms with E-state index in [4.69, 9.17) is 19.9 Å². The molecule has 0 saturated carbocycles. The number of nitrogens with two attached hydrogens (primary N) is 1. The van der Waals surface area contributed by atoms with Gasteiger partial charge in [-0.15, -0.1) is 9.24 Å². The lowest BCUT2D eigenvalue weighted by Gasteiger charge is -2.29. The summed E-state index contributed by atoms with van der Waals surface area (Å²) in [6.07, 6.45) is 5.91. The molecule has 0 aromatic heterocycles. The van der Waals surface area contributed by atoms with Crippen molar-refractivity contribution in [3.8, 4) is 17.2 Å². The Morgan fingerprint density at radius 2 is 1.89 bits per heavy atom. The highest BCUT2D eigenvalue weighted by Gasteiger charge is 2.25. The molecular formula is C28H39N4O5P. The number of hydrogen-bond donors (Lipinski definition) is 2. The molecule has 2 atom stereocenters. The number of likely N-dealkylation sites (tertiary alicyclic amines) is 1. The van der Waals surface area contributed by atoms with Gasteiger partial charge >= 0.3 is 0 Å². The van der Waals surface area contributed by atoms with E-state index in [-0.39, 0.29) is 11.4 Å². The van der Waals surface area contributed by atoms with Gasteiger partial charge in [0.15, 0.2) is 6.29 Å². The van der Waals surface area contributed by atoms with Crippen LogP contribution in [0.4, 0.5) is 0 Å². The lowest BCUT2D eigenvalue weighted by molar-refractivity contribution is 0.00121.